The first-order valence-corrected chi connectivity index (χ1v) is 10.1. The number of hydrogen-bond acceptors (Lipinski definition) is 4. The van der Waals surface area contributed by atoms with Crippen LogP contribution < -0.4 is 5.32 Å². The maximum Gasteiger partial charge on any atom is 0.495 e. The van der Waals surface area contributed by atoms with Gasteiger partial charge in [-0.05, 0) is 61.0 Å². The lowest BCUT2D eigenvalue weighted by molar-refractivity contribution is -0.431. The normalized spacial score (nSPS) is 11.1. The fourth-order valence-corrected chi connectivity index (χ4v) is 4.22. The van der Waals surface area contributed by atoms with E-state index in [2.05, 4.69) is 17.0 Å². The Bertz CT molecular complexity index is 1160. The van der Waals surface area contributed by atoms with Gasteiger partial charge in [0.2, 0.25) is 9.84 Å². The molecule has 0 radical (unpaired) electrons. The van der Waals surface area contributed by atoms with Gasteiger partial charge < -0.3 is 0 Å². The number of benzene rings is 2. The Hall–Kier alpha value is -3.39. The summed E-state index contributed by atoms with van der Waals surface area (Å²) >= 11 is 0. The SMILES string of the molecule is C=[N+](Cc1cccnc1)C(=O)Nc1ccc(S(=O)(=O)c2ccc(F)cc2C)cc1. The second-order valence-electron chi connectivity index (χ2n) is 6.43. The summed E-state index contributed by atoms with van der Waals surface area (Å²) in [6.45, 7) is 5.52. The number of carbonyl (C=O) groups excluding carboxylic acids is 1. The molecule has 8 heteroatoms. The Balaban J connectivity index is 1.73. The van der Waals surface area contributed by atoms with Crippen molar-refractivity contribution in [3.63, 3.8) is 0 Å². The molecule has 0 unspecified atom stereocenters. The molecule has 1 heterocycles. The molecule has 1 aromatic heterocycles. The van der Waals surface area contributed by atoms with Crippen molar-refractivity contribution in [2.24, 2.45) is 0 Å². The van der Waals surface area contributed by atoms with Crippen molar-refractivity contribution in [3.8, 4) is 0 Å². The molecule has 148 valence electrons. The molecule has 2 amide bonds. The monoisotopic (exact) mass is 412 g/mol. The number of urea groups is 1. The lowest BCUT2D eigenvalue weighted by atomic mass is 10.2. The van der Waals surface area contributed by atoms with E-state index in [4.69, 9.17) is 0 Å². The highest BCUT2D eigenvalue weighted by Gasteiger charge is 2.21. The molecule has 0 atom stereocenters. The number of anilines is 1. The number of nitrogens with one attached hydrogen (secondary N) is 1. The summed E-state index contributed by atoms with van der Waals surface area (Å²) in [5.41, 5.74) is 1.57. The summed E-state index contributed by atoms with van der Waals surface area (Å²) in [5, 5.41) is 2.66. The van der Waals surface area contributed by atoms with Gasteiger partial charge in [-0.3, -0.25) is 4.98 Å². The molecule has 0 bridgehead atoms. The Morgan fingerprint density at radius 3 is 2.52 bits per heavy atom. The molecule has 0 aliphatic heterocycles. The lowest BCUT2D eigenvalue weighted by Crippen LogP contribution is -2.24. The fraction of sp³-hybridized carbons (Fsp3) is 0.0952. The summed E-state index contributed by atoms with van der Waals surface area (Å²) in [6, 6.07) is 12.4. The zero-order valence-corrected chi connectivity index (χ0v) is 16.5. The van der Waals surface area contributed by atoms with Crippen molar-refractivity contribution in [2.45, 2.75) is 23.3 Å². The molecule has 0 spiro atoms. The number of amides is 2. The van der Waals surface area contributed by atoms with Crippen LogP contribution in [-0.4, -0.2) is 30.7 Å². The molecule has 0 saturated heterocycles. The predicted octanol–water partition coefficient (Wildman–Crippen LogP) is 3.81. The fourth-order valence-electron chi connectivity index (χ4n) is 2.75. The van der Waals surface area contributed by atoms with Crippen LogP contribution in [0.3, 0.4) is 0 Å². The van der Waals surface area contributed by atoms with Crippen LogP contribution in [0.15, 0.2) is 76.8 Å². The van der Waals surface area contributed by atoms with Gasteiger partial charge >= 0.3 is 6.03 Å². The van der Waals surface area contributed by atoms with Crippen LogP contribution in [0, 0.1) is 12.7 Å². The van der Waals surface area contributed by atoms with E-state index in [1.807, 2.05) is 6.07 Å². The lowest BCUT2D eigenvalue weighted by Gasteiger charge is -2.08. The number of nitrogens with zero attached hydrogens (tertiary/aromatic N) is 2. The molecule has 29 heavy (non-hydrogen) atoms. The van der Waals surface area contributed by atoms with Crippen LogP contribution >= 0.6 is 0 Å². The van der Waals surface area contributed by atoms with Crippen LogP contribution in [-0.2, 0) is 16.4 Å². The van der Waals surface area contributed by atoms with Gasteiger partial charge in [-0.15, -0.1) is 0 Å². The molecule has 0 aliphatic rings. The summed E-state index contributed by atoms with van der Waals surface area (Å²) in [6.07, 6.45) is 3.28. The number of aryl methyl sites for hydroxylation is 1. The highest BCUT2D eigenvalue weighted by Crippen LogP contribution is 2.25. The Morgan fingerprint density at radius 1 is 1.17 bits per heavy atom. The van der Waals surface area contributed by atoms with Gasteiger partial charge in [0, 0.05) is 18.0 Å². The number of sulfone groups is 1. The molecule has 2 aromatic carbocycles. The second-order valence-corrected chi connectivity index (χ2v) is 8.35. The van der Waals surface area contributed by atoms with Crippen molar-refractivity contribution >= 4 is 28.3 Å². The number of carbonyl (C=O) groups is 1. The van der Waals surface area contributed by atoms with Crippen LogP contribution in [0.25, 0.3) is 0 Å². The van der Waals surface area contributed by atoms with E-state index >= 15 is 0 Å². The molecular weight excluding hydrogens is 393 g/mol. The van der Waals surface area contributed by atoms with Crippen molar-refractivity contribution in [1.29, 1.82) is 0 Å². The van der Waals surface area contributed by atoms with E-state index < -0.39 is 21.7 Å². The minimum atomic E-state index is -3.80. The quantitative estimate of drug-likeness (QED) is 0.393. The Kier molecular flexibility index (Phi) is 5.84. The second kappa shape index (κ2) is 8.32. The zero-order valence-electron chi connectivity index (χ0n) is 15.7. The summed E-state index contributed by atoms with van der Waals surface area (Å²) in [7, 11) is -3.80. The van der Waals surface area contributed by atoms with Crippen molar-refractivity contribution < 1.29 is 22.2 Å². The van der Waals surface area contributed by atoms with Crippen LogP contribution in [0.2, 0.25) is 0 Å². The van der Waals surface area contributed by atoms with Gasteiger partial charge in [-0.2, -0.15) is 4.79 Å². The number of halogens is 1. The first-order valence-electron chi connectivity index (χ1n) is 8.66. The largest absolute Gasteiger partial charge is 0.495 e. The van der Waals surface area contributed by atoms with E-state index in [1.165, 1.54) is 47.9 Å². The highest BCUT2D eigenvalue weighted by atomic mass is 32.2. The minimum absolute atomic E-state index is 0.0380. The van der Waals surface area contributed by atoms with Crippen LogP contribution in [0.5, 0.6) is 0 Å². The average Bonchev–Trinajstić information content (AvgIpc) is 2.69. The minimum Gasteiger partial charge on any atom is -0.264 e. The molecule has 0 fully saturated rings. The van der Waals surface area contributed by atoms with E-state index in [0.717, 1.165) is 11.6 Å². The first kappa shape index (κ1) is 20.3. The maximum absolute atomic E-state index is 13.3. The summed E-state index contributed by atoms with van der Waals surface area (Å²) < 4.78 is 40.1. The molecule has 1 N–H and O–H groups in total. The number of pyridine rings is 1. The predicted molar refractivity (Wildman–Crippen MR) is 107 cm³/mol. The van der Waals surface area contributed by atoms with E-state index in [1.54, 1.807) is 18.5 Å². The van der Waals surface area contributed by atoms with Crippen molar-refractivity contribution in [3.05, 3.63) is 83.9 Å². The standard InChI is InChI=1S/C21H18FN3O3S/c1-15-12-17(22)5-10-20(15)29(27,28)19-8-6-18(7-9-19)24-21(26)25(2)14-16-4-3-11-23-13-16/h3-13H,2,14H2,1H3/p+1. The zero-order chi connectivity index (χ0) is 21.0. The number of aromatic nitrogens is 1. The van der Waals surface area contributed by atoms with Crippen LogP contribution in [0.1, 0.15) is 11.1 Å². The van der Waals surface area contributed by atoms with Gasteiger partial charge in [-0.25, -0.2) is 22.7 Å². The van der Waals surface area contributed by atoms with E-state index in [0.29, 0.717) is 11.3 Å². The van der Waals surface area contributed by atoms with E-state index in [9.17, 15) is 17.6 Å². The topological polar surface area (TPSA) is 79.1 Å². The van der Waals surface area contributed by atoms with Crippen LogP contribution in [0.4, 0.5) is 14.9 Å². The molecule has 0 saturated carbocycles. The Morgan fingerprint density at radius 2 is 1.90 bits per heavy atom. The third-order valence-electron chi connectivity index (χ3n) is 4.23. The number of hydrogen-bond donors (Lipinski definition) is 1. The highest BCUT2D eigenvalue weighted by molar-refractivity contribution is 7.91. The third-order valence-corrected chi connectivity index (χ3v) is 6.16. The first-order chi connectivity index (χ1) is 13.8. The third kappa shape index (κ3) is 4.72. The van der Waals surface area contributed by atoms with E-state index in [-0.39, 0.29) is 16.3 Å². The molecular formula is C21H19FN3O3S+. The van der Waals surface area contributed by atoms with Crippen molar-refractivity contribution in [2.75, 3.05) is 5.32 Å². The molecule has 6 nitrogen and oxygen atoms in total. The van der Waals surface area contributed by atoms with Gasteiger partial charge in [0.05, 0.1) is 16.5 Å². The van der Waals surface area contributed by atoms with Crippen molar-refractivity contribution in [1.82, 2.24) is 4.98 Å². The summed E-state index contributed by atoms with van der Waals surface area (Å²) in [5.74, 6) is -0.497. The smallest absolute Gasteiger partial charge is 0.264 e. The Labute approximate surface area is 168 Å². The van der Waals surface area contributed by atoms with Gasteiger partial charge in [-0.1, -0.05) is 6.07 Å². The summed E-state index contributed by atoms with van der Waals surface area (Å²) in [4.78, 5) is 16.3. The molecule has 3 rings (SSSR count). The molecule has 0 aliphatic carbocycles. The maximum atomic E-state index is 13.3. The van der Waals surface area contributed by atoms with Gasteiger partial charge in [0.15, 0.2) is 0 Å². The van der Waals surface area contributed by atoms with Gasteiger partial charge in [0.1, 0.15) is 18.0 Å². The average molecular weight is 412 g/mol. The number of rotatable bonds is 5. The van der Waals surface area contributed by atoms with Gasteiger partial charge in [0.25, 0.3) is 0 Å². The molecule has 3 aromatic rings.